The highest BCUT2D eigenvalue weighted by Crippen LogP contribution is 2.22. The molecule has 0 bridgehead atoms. The molecule has 6 heteroatoms. The Hall–Kier alpha value is -2.68. The predicted octanol–water partition coefficient (Wildman–Crippen LogP) is 2.93. The minimum atomic E-state index is -0.461. The van der Waals surface area contributed by atoms with E-state index in [9.17, 15) is 4.79 Å². The number of nitrogens with two attached hydrogens (primary N) is 1. The number of fused-ring (bicyclic) bond motifs is 1. The number of aromatic nitrogens is 2. The van der Waals surface area contributed by atoms with Crippen LogP contribution in [0.5, 0.6) is 0 Å². The molecule has 0 amide bonds. The Balaban J connectivity index is 2.45. The van der Waals surface area contributed by atoms with Crippen molar-refractivity contribution in [3.63, 3.8) is 0 Å². The van der Waals surface area contributed by atoms with E-state index in [1.807, 2.05) is 0 Å². The highest BCUT2D eigenvalue weighted by Gasteiger charge is 2.17. The fraction of sp³-hybridized carbons (Fsp3) is 0.118. The molecule has 5 nitrogen and oxygen atoms in total. The van der Waals surface area contributed by atoms with E-state index in [-0.39, 0.29) is 5.56 Å². The van der Waals surface area contributed by atoms with E-state index in [0.717, 1.165) is 0 Å². The van der Waals surface area contributed by atoms with Crippen LogP contribution in [-0.4, -0.2) is 9.55 Å². The number of benzene rings is 2. The lowest BCUT2D eigenvalue weighted by molar-refractivity contribution is 0.696. The van der Waals surface area contributed by atoms with Crippen LogP contribution in [0.3, 0.4) is 0 Å². The monoisotopic (exact) mass is 324 g/mol. The number of hydrogen-bond donors (Lipinski definition) is 1. The topological polar surface area (TPSA) is 84.7 Å². The summed E-state index contributed by atoms with van der Waals surface area (Å²) in [5.74, 6) is 0.417. The van der Waals surface area contributed by atoms with Crippen molar-refractivity contribution in [3.05, 3.63) is 69.2 Å². The van der Waals surface area contributed by atoms with Crippen LogP contribution in [0.1, 0.15) is 24.4 Å². The van der Waals surface area contributed by atoms with Crippen LogP contribution >= 0.6 is 11.6 Å². The zero-order valence-corrected chi connectivity index (χ0v) is 13.1. The summed E-state index contributed by atoms with van der Waals surface area (Å²) in [6, 6.07) is 13.4. The zero-order chi connectivity index (χ0) is 16.6. The number of halogens is 1. The molecule has 2 N–H and O–H groups in total. The van der Waals surface area contributed by atoms with Crippen molar-refractivity contribution in [1.29, 1.82) is 5.26 Å². The van der Waals surface area contributed by atoms with Crippen molar-refractivity contribution >= 4 is 22.5 Å². The molecule has 3 rings (SSSR count). The molecule has 3 aromatic rings. The molecule has 0 aliphatic heterocycles. The Kier molecular flexibility index (Phi) is 3.87. The smallest absolute Gasteiger partial charge is 0.267 e. The second-order valence-corrected chi connectivity index (χ2v) is 5.60. The molecular weight excluding hydrogens is 312 g/mol. The standard InChI is InChI=1S/C17H13ClN4O/c1-10(20)16-21-14-7-3-6-13(18)15(14)17(23)22(16)12-5-2-4-11(8-12)9-19/h2-8,10H,20H2,1H3/t10-/m0/s1. The summed E-state index contributed by atoms with van der Waals surface area (Å²) >= 11 is 6.18. The van der Waals surface area contributed by atoms with Gasteiger partial charge in [-0.15, -0.1) is 0 Å². The van der Waals surface area contributed by atoms with Crippen LogP contribution in [0.2, 0.25) is 5.02 Å². The SMILES string of the molecule is C[C@H](N)c1nc2cccc(Cl)c2c(=O)n1-c1cccc(C#N)c1. The number of nitrogens with zero attached hydrogens (tertiary/aromatic N) is 3. The summed E-state index contributed by atoms with van der Waals surface area (Å²) in [6.45, 7) is 1.75. The van der Waals surface area contributed by atoms with E-state index in [2.05, 4.69) is 11.1 Å². The lowest BCUT2D eigenvalue weighted by Crippen LogP contribution is -2.27. The third kappa shape index (κ3) is 2.59. The van der Waals surface area contributed by atoms with Gasteiger partial charge in [0.15, 0.2) is 0 Å². The van der Waals surface area contributed by atoms with E-state index < -0.39 is 6.04 Å². The summed E-state index contributed by atoms with van der Waals surface area (Å²) < 4.78 is 1.42. The molecule has 23 heavy (non-hydrogen) atoms. The highest BCUT2D eigenvalue weighted by atomic mass is 35.5. The van der Waals surface area contributed by atoms with Gasteiger partial charge in [0.05, 0.1) is 39.3 Å². The summed E-state index contributed by atoms with van der Waals surface area (Å²) in [4.78, 5) is 17.5. The van der Waals surface area contributed by atoms with Crippen molar-refractivity contribution in [2.24, 2.45) is 5.73 Å². The van der Waals surface area contributed by atoms with Gasteiger partial charge in [-0.05, 0) is 37.3 Å². The average molecular weight is 325 g/mol. The van der Waals surface area contributed by atoms with Gasteiger partial charge < -0.3 is 5.73 Å². The maximum atomic E-state index is 13.0. The van der Waals surface area contributed by atoms with Gasteiger partial charge in [0, 0.05) is 0 Å². The van der Waals surface area contributed by atoms with Gasteiger partial charge in [-0.2, -0.15) is 5.26 Å². The molecule has 114 valence electrons. The molecule has 0 spiro atoms. The lowest BCUT2D eigenvalue weighted by atomic mass is 10.1. The predicted molar refractivity (Wildman–Crippen MR) is 89.7 cm³/mol. The number of rotatable bonds is 2. The molecule has 1 atom stereocenters. The van der Waals surface area contributed by atoms with Crippen LogP contribution in [0, 0.1) is 11.3 Å². The van der Waals surface area contributed by atoms with E-state index in [4.69, 9.17) is 22.6 Å². The first-order valence-corrected chi connectivity index (χ1v) is 7.38. The molecule has 2 aromatic carbocycles. The van der Waals surface area contributed by atoms with Crippen LogP contribution in [-0.2, 0) is 0 Å². The van der Waals surface area contributed by atoms with Crippen molar-refractivity contribution in [3.8, 4) is 11.8 Å². The van der Waals surface area contributed by atoms with E-state index >= 15 is 0 Å². The Morgan fingerprint density at radius 3 is 2.74 bits per heavy atom. The maximum absolute atomic E-state index is 13.0. The zero-order valence-electron chi connectivity index (χ0n) is 12.3. The second kappa shape index (κ2) is 5.84. The van der Waals surface area contributed by atoms with E-state index in [0.29, 0.717) is 33.0 Å². The Morgan fingerprint density at radius 1 is 1.30 bits per heavy atom. The first-order chi connectivity index (χ1) is 11.0. The molecule has 0 saturated heterocycles. The van der Waals surface area contributed by atoms with Gasteiger partial charge in [-0.3, -0.25) is 9.36 Å². The van der Waals surface area contributed by atoms with Crippen LogP contribution in [0.25, 0.3) is 16.6 Å². The van der Waals surface area contributed by atoms with Crippen molar-refractivity contribution in [2.45, 2.75) is 13.0 Å². The second-order valence-electron chi connectivity index (χ2n) is 5.20. The van der Waals surface area contributed by atoms with Crippen molar-refractivity contribution < 1.29 is 0 Å². The lowest BCUT2D eigenvalue weighted by Gasteiger charge is -2.16. The quantitative estimate of drug-likeness (QED) is 0.785. The Labute approximate surface area is 137 Å². The fourth-order valence-corrected chi connectivity index (χ4v) is 2.73. The van der Waals surface area contributed by atoms with Crippen molar-refractivity contribution in [1.82, 2.24) is 9.55 Å². The third-order valence-corrected chi connectivity index (χ3v) is 3.83. The van der Waals surface area contributed by atoms with Gasteiger partial charge in [-0.1, -0.05) is 23.7 Å². The Bertz CT molecular complexity index is 1000. The molecule has 0 fully saturated rings. The van der Waals surface area contributed by atoms with E-state index in [1.165, 1.54) is 4.57 Å². The summed E-state index contributed by atoms with van der Waals surface area (Å²) in [5, 5.41) is 9.74. The minimum Gasteiger partial charge on any atom is -0.322 e. The van der Waals surface area contributed by atoms with Gasteiger partial charge in [0.1, 0.15) is 5.82 Å². The van der Waals surface area contributed by atoms with Crippen LogP contribution in [0.15, 0.2) is 47.3 Å². The summed E-state index contributed by atoms with van der Waals surface area (Å²) in [5.41, 5.74) is 7.19. The maximum Gasteiger partial charge on any atom is 0.267 e. The average Bonchev–Trinajstić information content (AvgIpc) is 2.54. The largest absolute Gasteiger partial charge is 0.322 e. The summed E-state index contributed by atoms with van der Waals surface area (Å²) in [7, 11) is 0. The number of nitriles is 1. The first kappa shape index (κ1) is 15.2. The van der Waals surface area contributed by atoms with Gasteiger partial charge in [0.25, 0.3) is 5.56 Å². The molecule has 0 aliphatic rings. The third-order valence-electron chi connectivity index (χ3n) is 3.51. The van der Waals surface area contributed by atoms with Gasteiger partial charge >= 0.3 is 0 Å². The molecule has 1 aromatic heterocycles. The molecular formula is C17H13ClN4O. The molecule has 0 saturated carbocycles. The molecule has 0 aliphatic carbocycles. The first-order valence-electron chi connectivity index (χ1n) is 7.00. The van der Waals surface area contributed by atoms with Crippen molar-refractivity contribution in [2.75, 3.05) is 0 Å². The van der Waals surface area contributed by atoms with Gasteiger partial charge in [0.2, 0.25) is 0 Å². The highest BCUT2D eigenvalue weighted by molar-refractivity contribution is 6.35. The molecule has 0 radical (unpaired) electrons. The van der Waals surface area contributed by atoms with Crippen LogP contribution < -0.4 is 11.3 Å². The summed E-state index contributed by atoms with van der Waals surface area (Å²) in [6.07, 6.45) is 0. The Morgan fingerprint density at radius 2 is 2.04 bits per heavy atom. The minimum absolute atomic E-state index is 0.303. The fourth-order valence-electron chi connectivity index (χ4n) is 2.48. The molecule has 1 heterocycles. The number of hydrogen-bond acceptors (Lipinski definition) is 4. The van der Waals surface area contributed by atoms with Gasteiger partial charge in [-0.25, -0.2) is 4.98 Å². The van der Waals surface area contributed by atoms with E-state index in [1.54, 1.807) is 49.4 Å². The molecule has 0 unspecified atom stereocenters. The normalized spacial score (nSPS) is 12.1. The van der Waals surface area contributed by atoms with Crippen LogP contribution in [0.4, 0.5) is 0 Å².